The molecule has 0 aromatic heterocycles. The number of rotatable bonds is 5. The van der Waals surface area contributed by atoms with Crippen molar-refractivity contribution in [1.29, 1.82) is 0 Å². The minimum absolute atomic E-state index is 0.0934. The summed E-state index contributed by atoms with van der Waals surface area (Å²) in [6.07, 6.45) is 3.84. The van der Waals surface area contributed by atoms with Gasteiger partial charge in [-0.25, -0.2) is 4.39 Å². The molecule has 1 aromatic rings. The SMILES string of the molecule is NC1CCC(NC(=O)CCNC(=O)c2cc(F)ccc2Br)CC1. The highest BCUT2D eigenvalue weighted by molar-refractivity contribution is 9.10. The van der Waals surface area contributed by atoms with Crippen molar-refractivity contribution < 1.29 is 14.0 Å². The number of carbonyl (C=O) groups excluding carboxylic acids is 2. The van der Waals surface area contributed by atoms with Crippen molar-refractivity contribution in [2.75, 3.05) is 6.54 Å². The smallest absolute Gasteiger partial charge is 0.252 e. The molecule has 0 atom stereocenters. The summed E-state index contributed by atoms with van der Waals surface area (Å²) in [5, 5.41) is 5.58. The molecule has 126 valence electrons. The van der Waals surface area contributed by atoms with Crippen molar-refractivity contribution in [1.82, 2.24) is 10.6 Å². The Kier molecular flexibility index (Phi) is 6.53. The van der Waals surface area contributed by atoms with Crippen LogP contribution < -0.4 is 16.4 Å². The second-order valence-electron chi connectivity index (χ2n) is 5.81. The van der Waals surface area contributed by atoms with Crippen LogP contribution in [0.3, 0.4) is 0 Å². The number of hydrogen-bond donors (Lipinski definition) is 3. The van der Waals surface area contributed by atoms with Crippen LogP contribution in [0.4, 0.5) is 4.39 Å². The third kappa shape index (κ3) is 5.58. The van der Waals surface area contributed by atoms with E-state index in [0.717, 1.165) is 31.7 Å². The minimum atomic E-state index is -0.480. The van der Waals surface area contributed by atoms with E-state index in [0.29, 0.717) is 4.47 Å². The van der Waals surface area contributed by atoms with Crippen LogP contribution in [-0.4, -0.2) is 30.4 Å². The fourth-order valence-electron chi connectivity index (χ4n) is 2.62. The lowest BCUT2D eigenvalue weighted by molar-refractivity contribution is -0.121. The Hall–Kier alpha value is -1.47. The molecular weight excluding hydrogens is 365 g/mol. The number of amides is 2. The fraction of sp³-hybridized carbons (Fsp3) is 0.500. The Labute approximate surface area is 143 Å². The number of benzene rings is 1. The van der Waals surface area contributed by atoms with E-state index in [-0.39, 0.29) is 36.5 Å². The summed E-state index contributed by atoms with van der Waals surface area (Å²) in [6, 6.07) is 4.32. The fourth-order valence-corrected chi connectivity index (χ4v) is 3.05. The highest BCUT2D eigenvalue weighted by Gasteiger charge is 2.20. The van der Waals surface area contributed by atoms with Gasteiger partial charge in [-0.3, -0.25) is 9.59 Å². The summed E-state index contributed by atoms with van der Waals surface area (Å²) >= 11 is 3.21. The molecule has 4 N–H and O–H groups in total. The lowest BCUT2D eigenvalue weighted by atomic mass is 9.92. The molecule has 1 fully saturated rings. The molecule has 2 amide bonds. The van der Waals surface area contributed by atoms with Crippen LogP contribution in [0.25, 0.3) is 0 Å². The van der Waals surface area contributed by atoms with Crippen LogP contribution >= 0.6 is 15.9 Å². The first-order valence-electron chi connectivity index (χ1n) is 7.74. The summed E-state index contributed by atoms with van der Waals surface area (Å²) in [7, 11) is 0. The Morgan fingerprint density at radius 1 is 1.26 bits per heavy atom. The summed E-state index contributed by atoms with van der Waals surface area (Å²) in [4.78, 5) is 23.8. The van der Waals surface area contributed by atoms with Crippen LogP contribution in [0.15, 0.2) is 22.7 Å². The maximum Gasteiger partial charge on any atom is 0.252 e. The average molecular weight is 386 g/mol. The van der Waals surface area contributed by atoms with Crippen LogP contribution in [0.2, 0.25) is 0 Å². The molecule has 0 saturated heterocycles. The highest BCUT2D eigenvalue weighted by Crippen LogP contribution is 2.18. The maximum atomic E-state index is 13.2. The van der Waals surface area contributed by atoms with Gasteiger partial charge < -0.3 is 16.4 Å². The van der Waals surface area contributed by atoms with Gasteiger partial charge in [0.2, 0.25) is 5.91 Å². The molecule has 0 heterocycles. The third-order valence-electron chi connectivity index (χ3n) is 3.95. The summed E-state index contributed by atoms with van der Waals surface area (Å²) in [5.74, 6) is -0.983. The van der Waals surface area contributed by atoms with Crippen molar-refractivity contribution >= 4 is 27.7 Å². The van der Waals surface area contributed by atoms with Crippen molar-refractivity contribution in [3.63, 3.8) is 0 Å². The Morgan fingerprint density at radius 2 is 1.96 bits per heavy atom. The number of nitrogens with two attached hydrogens (primary N) is 1. The van der Waals surface area contributed by atoms with Crippen molar-refractivity contribution in [3.8, 4) is 0 Å². The van der Waals surface area contributed by atoms with Gasteiger partial charge in [-0.05, 0) is 59.8 Å². The van der Waals surface area contributed by atoms with Gasteiger partial charge in [0.15, 0.2) is 0 Å². The summed E-state index contributed by atoms with van der Waals surface area (Å²) in [6.45, 7) is 0.208. The molecule has 1 saturated carbocycles. The molecule has 0 radical (unpaired) electrons. The molecule has 1 aliphatic carbocycles. The maximum absolute atomic E-state index is 13.2. The van der Waals surface area contributed by atoms with Crippen molar-refractivity contribution in [3.05, 3.63) is 34.1 Å². The van der Waals surface area contributed by atoms with E-state index in [9.17, 15) is 14.0 Å². The van der Waals surface area contributed by atoms with Crippen molar-refractivity contribution in [2.45, 2.75) is 44.2 Å². The van der Waals surface area contributed by atoms with E-state index in [1.165, 1.54) is 12.1 Å². The third-order valence-corrected chi connectivity index (χ3v) is 4.64. The second kappa shape index (κ2) is 8.40. The zero-order valence-electron chi connectivity index (χ0n) is 12.8. The monoisotopic (exact) mass is 385 g/mol. The number of nitrogens with one attached hydrogen (secondary N) is 2. The quantitative estimate of drug-likeness (QED) is 0.725. The van der Waals surface area contributed by atoms with E-state index in [1.54, 1.807) is 0 Å². The minimum Gasteiger partial charge on any atom is -0.353 e. The first-order chi connectivity index (χ1) is 11.0. The normalized spacial score (nSPS) is 20.8. The van der Waals surface area contributed by atoms with E-state index in [2.05, 4.69) is 26.6 Å². The number of hydrogen-bond acceptors (Lipinski definition) is 3. The average Bonchev–Trinajstić information content (AvgIpc) is 2.52. The van der Waals surface area contributed by atoms with E-state index < -0.39 is 11.7 Å². The van der Waals surface area contributed by atoms with Gasteiger partial charge >= 0.3 is 0 Å². The van der Waals surface area contributed by atoms with Crippen molar-refractivity contribution in [2.24, 2.45) is 5.73 Å². The van der Waals surface area contributed by atoms with Crippen LogP contribution in [-0.2, 0) is 4.79 Å². The predicted octanol–water partition coefficient (Wildman–Crippen LogP) is 2.09. The van der Waals surface area contributed by atoms with Gasteiger partial charge in [0.1, 0.15) is 5.82 Å². The molecule has 2 rings (SSSR count). The van der Waals surface area contributed by atoms with Gasteiger partial charge in [0.25, 0.3) is 5.91 Å². The topological polar surface area (TPSA) is 84.2 Å². The van der Waals surface area contributed by atoms with Crippen LogP contribution in [0.1, 0.15) is 42.5 Å². The molecule has 5 nitrogen and oxygen atoms in total. The molecule has 0 bridgehead atoms. The first kappa shape index (κ1) is 17.9. The van der Waals surface area contributed by atoms with E-state index in [1.807, 2.05) is 0 Å². The van der Waals surface area contributed by atoms with Gasteiger partial charge in [-0.2, -0.15) is 0 Å². The molecule has 0 aliphatic heterocycles. The molecule has 1 aromatic carbocycles. The van der Waals surface area contributed by atoms with Gasteiger partial charge in [0, 0.05) is 29.5 Å². The zero-order chi connectivity index (χ0) is 16.8. The highest BCUT2D eigenvalue weighted by atomic mass is 79.9. The molecule has 23 heavy (non-hydrogen) atoms. The molecule has 1 aliphatic rings. The lowest BCUT2D eigenvalue weighted by Crippen LogP contribution is -2.41. The molecular formula is C16H21BrFN3O2. The summed E-state index contributed by atoms with van der Waals surface area (Å²) in [5.41, 5.74) is 6.04. The largest absolute Gasteiger partial charge is 0.353 e. The summed E-state index contributed by atoms with van der Waals surface area (Å²) < 4.78 is 13.7. The molecule has 0 spiro atoms. The number of carbonyl (C=O) groups is 2. The van der Waals surface area contributed by atoms with Crippen LogP contribution in [0, 0.1) is 5.82 Å². The first-order valence-corrected chi connectivity index (χ1v) is 8.53. The van der Waals surface area contributed by atoms with Crippen LogP contribution in [0.5, 0.6) is 0 Å². The Bertz CT molecular complexity index is 574. The lowest BCUT2D eigenvalue weighted by Gasteiger charge is -2.26. The molecule has 7 heteroatoms. The Morgan fingerprint density at radius 3 is 2.65 bits per heavy atom. The molecule has 0 unspecified atom stereocenters. The number of halogens is 2. The van der Waals surface area contributed by atoms with E-state index in [4.69, 9.17) is 5.73 Å². The van der Waals surface area contributed by atoms with Gasteiger partial charge in [0.05, 0.1) is 5.56 Å². The second-order valence-corrected chi connectivity index (χ2v) is 6.66. The predicted molar refractivity (Wildman–Crippen MR) is 89.4 cm³/mol. The van der Waals surface area contributed by atoms with E-state index >= 15 is 0 Å². The van der Waals surface area contributed by atoms with Gasteiger partial charge in [-0.15, -0.1) is 0 Å². The standard InChI is InChI=1S/C16H21BrFN3O2/c17-14-6-1-10(18)9-13(14)16(23)20-8-7-15(22)21-12-4-2-11(19)3-5-12/h1,6,9,11-12H,2-5,7-8,19H2,(H,20,23)(H,21,22). The Balaban J connectivity index is 1.72. The van der Waals surface area contributed by atoms with Gasteiger partial charge in [-0.1, -0.05) is 0 Å². The zero-order valence-corrected chi connectivity index (χ0v) is 14.4.